The molecule has 0 saturated heterocycles. The van der Waals surface area contributed by atoms with E-state index in [-0.39, 0.29) is 5.11 Å². The molecule has 0 atom stereocenters. The topological polar surface area (TPSA) is 84.3 Å². The maximum absolute atomic E-state index is 14.3. The number of thiocarbonyl (C=S) groups is 1. The molecule has 4 rings (SSSR count). The highest BCUT2D eigenvalue weighted by molar-refractivity contribution is 7.80. The Balaban J connectivity index is 1.54. The number of methoxy groups -OCH3 is 1. The molecule has 0 bridgehead atoms. The van der Waals surface area contributed by atoms with Crippen molar-refractivity contribution >= 4 is 45.6 Å². The zero-order valence-electron chi connectivity index (χ0n) is 21.4. The van der Waals surface area contributed by atoms with E-state index in [1.54, 1.807) is 19.1 Å². The van der Waals surface area contributed by atoms with Gasteiger partial charge < -0.3 is 15.0 Å². The Kier molecular flexibility index (Phi) is 8.00. The van der Waals surface area contributed by atoms with Crippen LogP contribution in [0.1, 0.15) is 29.8 Å². The van der Waals surface area contributed by atoms with E-state index < -0.39 is 40.5 Å². The van der Waals surface area contributed by atoms with Crippen molar-refractivity contribution in [2.24, 2.45) is 0 Å². The minimum Gasteiger partial charge on any atom is -0.491 e. The van der Waals surface area contributed by atoms with Gasteiger partial charge in [-0.15, -0.1) is 10.2 Å². The van der Waals surface area contributed by atoms with Gasteiger partial charge in [0.1, 0.15) is 16.6 Å². The average molecular weight is 561 g/mol. The molecule has 4 aromatic rings. The van der Waals surface area contributed by atoms with Crippen molar-refractivity contribution in [3.8, 4) is 11.4 Å². The Morgan fingerprint density at radius 2 is 1.54 bits per heavy atom. The van der Waals surface area contributed by atoms with E-state index in [0.29, 0.717) is 22.3 Å². The Morgan fingerprint density at radius 1 is 0.974 bits per heavy atom. The van der Waals surface area contributed by atoms with Crippen LogP contribution in [0.4, 0.5) is 28.9 Å². The van der Waals surface area contributed by atoms with Crippen LogP contribution in [0.5, 0.6) is 5.75 Å². The Labute approximate surface area is 226 Å². The molecule has 1 aromatic heterocycles. The number of aryl methyl sites for hydroxylation is 1. The third-order valence-corrected chi connectivity index (χ3v) is 6.27. The predicted octanol–water partition coefficient (Wildman–Crippen LogP) is 5.27. The number of ether oxygens (including phenoxy) is 1. The Bertz CT molecular complexity index is 1540. The SMILES string of the molecule is CCN(CC)c1ccc(-n2nc3cc(C)c(NC(=S)NC(=O)c4c(F)c(F)c(OC)c(F)c4F)cc3n2)cc1. The maximum Gasteiger partial charge on any atom is 0.263 e. The highest BCUT2D eigenvalue weighted by Gasteiger charge is 2.30. The first-order chi connectivity index (χ1) is 18.6. The van der Waals surface area contributed by atoms with Crippen LogP contribution in [0.3, 0.4) is 0 Å². The van der Waals surface area contributed by atoms with E-state index in [1.807, 2.05) is 29.6 Å². The number of nitrogens with one attached hydrogen (secondary N) is 2. The number of hydrogen-bond acceptors (Lipinski definition) is 6. The van der Waals surface area contributed by atoms with Crippen LogP contribution in [0.15, 0.2) is 36.4 Å². The number of aromatic nitrogens is 3. The van der Waals surface area contributed by atoms with Crippen LogP contribution < -0.4 is 20.3 Å². The fourth-order valence-electron chi connectivity index (χ4n) is 4.01. The number of rotatable bonds is 7. The summed E-state index contributed by atoms with van der Waals surface area (Å²) in [4.78, 5) is 16.1. The minimum atomic E-state index is -1.91. The molecule has 0 unspecified atom stereocenters. The summed E-state index contributed by atoms with van der Waals surface area (Å²) in [5.41, 5.74) is 2.54. The van der Waals surface area contributed by atoms with E-state index in [0.717, 1.165) is 31.6 Å². The first kappa shape index (κ1) is 27.8. The fourth-order valence-corrected chi connectivity index (χ4v) is 4.22. The van der Waals surface area contributed by atoms with Gasteiger partial charge in [-0.2, -0.15) is 13.6 Å². The first-order valence-electron chi connectivity index (χ1n) is 11.8. The lowest BCUT2D eigenvalue weighted by Crippen LogP contribution is -2.35. The third kappa shape index (κ3) is 5.35. The molecule has 0 saturated carbocycles. The van der Waals surface area contributed by atoms with Crippen LogP contribution in [0.25, 0.3) is 16.7 Å². The second-order valence-electron chi connectivity index (χ2n) is 8.41. The predicted molar refractivity (Wildman–Crippen MR) is 144 cm³/mol. The normalized spacial score (nSPS) is 11.0. The number of halogens is 4. The quantitative estimate of drug-likeness (QED) is 0.181. The number of amides is 1. The summed E-state index contributed by atoms with van der Waals surface area (Å²) in [7, 11) is 0.833. The van der Waals surface area contributed by atoms with Crippen molar-refractivity contribution in [1.82, 2.24) is 20.3 Å². The van der Waals surface area contributed by atoms with Gasteiger partial charge >= 0.3 is 0 Å². The molecular weight excluding hydrogens is 536 g/mol. The van der Waals surface area contributed by atoms with Crippen LogP contribution in [0.2, 0.25) is 0 Å². The molecule has 0 fully saturated rings. The van der Waals surface area contributed by atoms with Gasteiger partial charge in [-0.1, -0.05) is 0 Å². The largest absolute Gasteiger partial charge is 0.491 e. The monoisotopic (exact) mass is 560 g/mol. The molecule has 8 nitrogen and oxygen atoms in total. The van der Waals surface area contributed by atoms with Gasteiger partial charge in [0, 0.05) is 24.5 Å². The molecule has 0 aliphatic rings. The number of hydrogen-bond donors (Lipinski definition) is 2. The molecule has 204 valence electrons. The minimum absolute atomic E-state index is 0.364. The van der Waals surface area contributed by atoms with E-state index in [4.69, 9.17) is 12.2 Å². The highest BCUT2D eigenvalue weighted by atomic mass is 32.1. The van der Waals surface area contributed by atoms with Crippen LogP contribution in [0, 0.1) is 30.2 Å². The smallest absolute Gasteiger partial charge is 0.263 e. The van der Waals surface area contributed by atoms with Gasteiger partial charge in [0.05, 0.1) is 12.8 Å². The second-order valence-corrected chi connectivity index (χ2v) is 8.81. The summed E-state index contributed by atoms with van der Waals surface area (Å²) >= 11 is 5.08. The summed E-state index contributed by atoms with van der Waals surface area (Å²) < 4.78 is 60.9. The van der Waals surface area contributed by atoms with Crippen LogP contribution in [-0.4, -0.2) is 46.2 Å². The molecule has 13 heteroatoms. The zero-order valence-corrected chi connectivity index (χ0v) is 22.2. The maximum atomic E-state index is 14.3. The summed E-state index contributed by atoms with van der Waals surface area (Å²) in [6.07, 6.45) is 0. The number of fused-ring (bicyclic) bond motifs is 1. The lowest BCUT2D eigenvalue weighted by Gasteiger charge is -2.20. The Hall–Kier alpha value is -4.26. The van der Waals surface area contributed by atoms with Gasteiger partial charge in [-0.25, -0.2) is 8.78 Å². The fraction of sp³-hybridized carbons (Fsp3) is 0.231. The molecule has 2 N–H and O–H groups in total. The lowest BCUT2D eigenvalue weighted by molar-refractivity contribution is 0.0966. The number of nitrogens with zero attached hydrogens (tertiary/aromatic N) is 4. The molecule has 0 aliphatic heterocycles. The van der Waals surface area contributed by atoms with E-state index >= 15 is 0 Å². The van der Waals surface area contributed by atoms with Crippen molar-refractivity contribution < 1.29 is 27.1 Å². The van der Waals surface area contributed by atoms with Gasteiger partial charge in [0.15, 0.2) is 22.5 Å². The molecule has 0 spiro atoms. The molecule has 3 aromatic carbocycles. The molecule has 1 amide bonds. The van der Waals surface area contributed by atoms with Gasteiger partial charge in [0.2, 0.25) is 11.6 Å². The third-order valence-electron chi connectivity index (χ3n) is 6.07. The number of carbonyl (C=O) groups excluding carboxylic acids is 1. The summed E-state index contributed by atoms with van der Waals surface area (Å²) in [6.45, 7) is 7.68. The van der Waals surface area contributed by atoms with Crippen LogP contribution in [-0.2, 0) is 0 Å². The molecule has 1 heterocycles. The molecular formula is C26H24F4N6O2S. The number of carbonyl (C=O) groups is 1. The van der Waals surface area contributed by atoms with Gasteiger partial charge in [-0.3, -0.25) is 10.1 Å². The van der Waals surface area contributed by atoms with Crippen LogP contribution >= 0.6 is 12.2 Å². The average Bonchev–Trinajstić information content (AvgIpc) is 3.32. The summed E-state index contributed by atoms with van der Waals surface area (Å²) in [6, 6.07) is 11.2. The Morgan fingerprint density at radius 3 is 2.08 bits per heavy atom. The van der Waals surface area contributed by atoms with Gasteiger partial charge in [-0.05, 0) is 75.0 Å². The molecule has 0 aliphatic carbocycles. The van der Waals surface area contributed by atoms with Crippen molar-refractivity contribution in [1.29, 1.82) is 0 Å². The van der Waals surface area contributed by atoms with E-state index in [2.05, 4.69) is 39.0 Å². The van der Waals surface area contributed by atoms with Crippen molar-refractivity contribution in [2.45, 2.75) is 20.8 Å². The number of benzene rings is 3. The molecule has 39 heavy (non-hydrogen) atoms. The standard InChI is InChI=1S/C26H24F4N6O2S/c1-5-35(6-2)14-7-9-15(10-8-14)36-33-17-11-13(3)16(12-18(17)34-36)31-26(39)32-25(37)19-20(27)22(29)24(38-4)23(30)21(19)28/h7-12H,5-6H2,1-4H3,(H2,31,32,37,39). The second kappa shape index (κ2) is 11.2. The van der Waals surface area contributed by atoms with Crippen molar-refractivity contribution in [3.63, 3.8) is 0 Å². The first-order valence-corrected chi connectivity index (χ1v) is 12.3. The summed E-state index contributed by atoms with van der Waals surface area (Å²) in [5, 5.41) is 13.4. The van der Waals surface area contributed by atoms with E-state index in [1.165, 1.54) is 4.80 Å². The van der Waals surface area contributed by atoms with Gasteiger partial charge in [0.25, 0.3) is 5.91 Å². The van der Waals surface area contributed by atoms with Crippen molar-refractivity contribution in [2.75, 3.05) is 30.4 Å². The zero-order chi connectivity index (χ0) is 28.4. The highest BCUT2D eigenvalue weighted by Crippen LogP contribution is 2.30. The lowest BCUT2D eigenvalue weighted by atomic mass is 10.1. The van der Waals surface area contributed by atoms with E-state index in [9.17, 15) is 22.4 Å². The molecule has 0 radical (unpaired) electrons. The van der Waals surface area contributed by atoms with Crippen molar-refractivity contribution in [3.05, 3.63) is 70.8 Å². The number of anilines is 2. The summed E-state index contributed by atoms with van der Waals surface area (Å²) in [5.74, 6) is -10.3.